The first kappa shape index (κ1) is 16.8. The van der Waals surface area contributed by atoms with Crippen LogP contribution >= 0.6 is 11.6 Å². The molecule has 0 bridgehead atoms. The van der Waals surface area contributed by atoms with Gasteiger partial charge in [0.1, 0.15) is 6.10 Å². The molecule has 26 heavy (non-hydrogen) atoms. The molecule has 0 saturated carbocycles. The van der Waals surface area contributed by atoms with Crippen molar-refractivity contribution >= 4 is 22.4 Å². The van der Waals surface area contributed by atoms with Crippen LogP contribution in [0.15, 0.2) is 85.5 Å². The number of hydrogen-bond acceptors (Lipinski definition) is 2. The monoisotopic (exact) mass is 362 g/mol. The van der Waals surface area contributed by atoms with Gasteiger partial charge in [0, 0.05) is 17.4 Å². The molecule has 0 aliphatic heterocycles. The number of halogens is 1. The Kier molecular flexibility index (Phi) is 5.00. The van der Waals surface area contributed by atoms with Crippen molar-refractivity contribution in [3.63, 3.8) is 0 Å². The zero-order valence-electron chi connectivity index (χ0n) is 14.3. The van der Waals surface area contributed by atoms with Gasteiger partial charge in [0.05, 0.1) is 19.5 Å². The molecule has 130 valence electrons. The fourth-order valence-electron chi connectivity index (χ4n) is 3.14. The molecule has 0 radical (unpaired) electrons. The number of benzene rings is 3. The van der Waals surface area contributed by atoms with Crippen LogP contribution in [-0.4, -0.2) is 9.55 Å². The minimum absolute atomic E-state index is 0.0778. The van der Waals surface area contributed by atoms with Crippen LogP contribution in [0.4, 0.5) is 0 Å². The summed E-state index contributed by atoms with van der Waals surface area (Å²) in [6, 6.07) is 22.6. The summed E-state index contributed by atoms with van der Waals surface area (Å²) >= 11 is 5.98. The molecule has 1 atom stereocenters. The summed E-state index contributed by atoms with van der Waals surface area (Å²) in [6.45, 7) is 1.24. The van der Waals surface area contributed by atoms with E-state index in [-0.39, 0.29) is 6.10 Å². The van der Waals surface area contributed by atoms with Gasteiger partial charge in [-0.05, 0) is 34.0 Å². The highest BCUT2D eigenvalue weighted by molar-refractivity contribution is 6.30. The summed E-state index contributed by atoms with van der Waals surface area (Å²) in [5.74, 6) is 0. The van der Waals surface area contributed by atoms with Crippen molar-refractivity contribution in [2.75, 3.05) is 0 Å². The number of nitrogens with zero attached hydrogens (tertiary/aromatic N) is 2. The third kappa shape index (κ3) is 3.79. The molecule has 0 saturated heterocycles. The molecule has 1 heterocycles. The lowest BCUT2D eigenvalue weighted by atomic mass is 10.00. The second-order valence-corrected chi connectivity index (χ2v) is 6.69. The van der Waals surface area contributed by atoms with Gasteiger partial charge >= 0.3 is 0 Å². The Hall–Kier alpha value is -2.62. The van der Waals surface area contributed by atoms with Crippen molar-refractivity contribution < 1.29 is 4.74 Å². The lowest BCUT2D eigenvalue weighted by Crippen LogP contribution is -2.12. The minimum Gasteiger partial charge on any atom is -0.367 e. The Labute approximate surface area is 157 Å². The van der Waals surface area contributed by atoms with E-state index in [1.807, 2.05) is 41.4 Å². The Balaban J connectivity index is 1.64. The SMILES string of the molecule is Clc1ccc(COC(Cn2ccnc2)c2cccc3ccccc23)cc1. The second kappa shape index (κ2) is 7.73. The first-order chi connectivity index (χ1) is 12.8. The van der Waals surface area contributed by atoms with Gasteiger partial charge in [0.25, 0.3) is 0 Å². The number of fused-ring (bicyclic) bond motifs is 1. The van der Waals surface area contributed by atoms with E-state index in [2.05, 4.69) is 47.4 Å². The molecule has 1 unspecified atom stereocenters. The van der Waals surface area contributed by atoms with Crippen molar-refractivity contribution in [2.45, 2.75) is 19.3 Å². The van der Waals surface area contributed by atoms with Crippen LogP contribution in [0.25, 0.3) is 10.8 Å². The lowest BCUT2D eigenvalue weighted by molar-refractivity contribution is 0.0289. The topological polar surface area (TPSA) is 27.1 Å². The molecule has 0 N–H and O–H groups in total. The maximum atomic E-state index is 6.34. The molecule has 0 aliphatic carbocycles. The van der Waals surface area contributed by atoms with E-state index < -0.39 is 0 Å². The van der Waals surface area contributed by atoms with Crippen LogP contribution in [0.3, 0.4) is 0 Å². The highest BCUT2D eigenvalue weighted by Crippen LogP contribution is 2.29. The molecule has 4 heteroatoms. The van der Waals surface area contributed by atoms with Gasteiger partial charge in [-0.15, -0.1) is 0 Å². The number of aromatic nitrogens is 2. The fourth-order valence-corrected chi connectivity index (χ4v) is 3.26. The van der Waals surface area contributed by atoms with Gasteiger partial charge in [-0.1, -0.05) is 66.2 Å². The molecule has 0 fully saturated rings. The van der Waals surface area contributed by atoms with Crippen molar-refractivity contribution in [1.29, 1.82) is 0 Å². The van der Waals surface area contributed by atoms with Crippen LogP contribution in [0.2, 0.25) is 5.02 Å². The first-order valence-corrected chi connectivity index (χ1v) is 8.97. The van der Waals surface area contributed by atoms with Gasteiger partial charge in [0.15, 0.2) is 0 Å². The largest absolute Gasteiger partial charge is 0.367 e. The van der Waals surface area contributed by atoms with Crippen LogP contribution in [0.5, 0.6) is 0 Å². The highest BCUT2D eigenvalue weighted by Gasteiger charge is 2.16. The summed E-state index contributed by atoms with van der Waals surface area (Å²) < 4.78 is 8.39. The van der Waals surface area contributed by atoms with Gasteiger partial charge in [0.2, 0.25) is 0 Å². The standard InChI is InChI=1S/C22H19ClN2O/c23-19-10-8-17(9-11-19)15-26-22(14-25-13-12-24-16-25)21-7-3-5-18-4-1-2-6-20(18)21/h1-13,16,22H,14-15H2. The van der Waals surface area contributed by atoms with E-state index in [4.69, 9.17) is 16.3 Å². The van der Waals surface area contributed by atoms with E-state index in [1.54, 1.807) is 6.20 Å². The Morgan fingerprint density at radius 2 is 1.77 bits per heavy atom. The van der Waals surface area contributed by atoms with E-state index in [9.17, 15) is 0 Å². The predicted molar refractivity (Wildman–Crippen MR) is 105 cm³/mol. The Morgan fingerprint density at radius 1 is 0.962 bits per heavy atom. The average Bonchev–Trinajstić information content (AvgIpc) is 3.19. The lowest BCUT2D eigenvalue weighted by Gasteiger charge is -2.21. The molecular weight excluding hydrogens is 344 g/mol. The molecular formula is C22H19ClN2O. The van der Waals surface area contributed by atoms with E-state index in [1.165, 1.54) is 16.3 Å². The quantitative estimate of drug-likeness (QED) is 0.443. The maximum Gasteiger partial charge on any atom is 0.101 e. The summed E-state index contributed by atoms with van der Waals surface area (Å²) in [5, 5.41) is 3.17. The van der Waals surface area contributed by atoms with Crippen LogP contribution in [0, 0.1) is 0 Å². The fraction of sp³-hybridized carbons (Fsp3) is 0.136. The molecule has 4 aromatic rings. The Bertz CT molecular complexity index is 975. The second-order valence-electron chi connectivity index (χ2n) is 6.25. The first-order valence-electron chi connectivity index (χ1n) is 8.59. The van der Waals surface area contributed by atoms with Gasteiger partial charge in [-0.3, -0.25) is 0 Å². The maximum absolute atomic E-state index is 6.34. The molecule has 1 aromatic heterocycles. The zero-order chi connectivity index (χ0) is 17.8. The number of rotatable bonds is 6. The third-order valence-electron chi connectivity index (χ3n) is 4.47. The van der Waals surface area contributed by atoms with E-state index >= 15 is 0 Å². The smallest absolute Gasteiger partial charge is 0.101 e. The zero-order valence-corrected chi connectivity index (χ0v) is 15.0. The molecule has 0 amide bonds. The predicted octanol–water partition coefficient (Wildman–Crippen LogP) is 5.65. The third-order valence-corrected chi connectivity index (χ3v) is 4.72. The molecule has 0 spiro atoms. The molecule has 4 rings (SSSR count). The van der Waals surface area contributed by atoms with E-state index in [0.717, 1.165) is 10.6 Å². The molecule has 3 aromatic carbocycles. The van der Waals surface area contributed by atoms with Gasteiger partial charge < -0.3 is 9.30 Å². The van der Waals surface area contributed by atoms with Crippen molar-refractivity contribution in [1.82, 2.24) is 9.55 Å². The van der Waals surface area contributed by atoms with Crippen molar-refractivity contribution in [2.24, 2.45) is 0 Å². The minimum atomic E-state index is -0.0778. The number of hydrogen-bond donors (Lipinski definition) is 0. The highest BCUT2D eigenvalue weighted by atomic mass is 35.5. The summed E-state index contributed by atoms with van der Waals surface area (Å²) in [6.07, 6.45) is 5.50. The average molecular weight is 363 g/mol. The van der Waals surface area contributed by atoms with E-state index in [0.29, 0.717) is 13.2 Å². The van der Waals surface area contributed by atoms with Gasteiger partial charge in [-0.25, -0.2) is 4.98 Å². The molecule has 3 nitrogen and oxygen atoms in total. The van der Waals surface area contributed by atoms with Crippen LogP contribution in [0.1, 0.15) is 17.2 Å². The van der Waals surface area contributed by atoms with Gasteiger partial charge in [-0.2, -0.15) is 0 Å². The van der Waals surface area contributed by atoms with Crippen molar-refractivity contribution in [3.8, 4) is 0 Å². The van der Waals surface area contributed by atoms with Crippen LogP contribution in [-0.2, 0) is 17.9 Å². The molecule has 0 aliphatic rings. The normalized spacial score (nSPS) is 12.3. The van der Waals surface area contributed by atoms with Crippen molar-refractivity contribution in [3.05, 3.63) is 102 Å². The summed E-state index contributed by atoms with van der Waals surface area (Å²) in [7, 11) is 0. The summed E-state index contributed by atoms with van der Waals surface area (Å²) in [5.41, 5.74) is 2.29. The Morgan fingerprint density at radius 3 is 2.58 bits per heavy atom. The van der Waals surface area contributed by atoms with Crippen LogP contribution < -0.4 is 0 Å². The number of ether oxygens (including phenoxy) is 1. The summed E-state index contributed by atoms with van der Waals surface area (Å²) in [4.78, 5) is 4.15. The number of imidazole rings is 1.